The third-order valence-electron chi connectivity index (χ3n) is 4.48. The lowest BCUT2D eigenvalue weighted by molar-refractivity contribution is 0.122. The van der Waals surface area contributed by atoms with Gasteiger partial charge >= 0.3 is 0 Å². The van der Waals surface area contributed by atoms with Crippen molar-refractivity contribution in [3.8, 4) is 11.8 Å². The fourth-order valence-corrected chi connectivity index (χ4v) is 3.56. The number of allylic oxidation sites excluding steroid dienone is 1. The van der Waals surface area contributed by atoms with Crippen LogP contribution >= 0.6 is 15.9 Å². The summed E-state index contributed by atoms with van der Waals surface area (Å²) in [5.74, 6) is 1.25. The minimum atomic E-state index is 0.453. The molecule has 7 heteroatoms. The first-order valence-electron chi connectivity index (χ1n) is 8.97. The van der Waals surface area contributed by atoms with Crippen molar-refractivity contribution in [2.24, 2.45) is 0 Å². The van der Waals surface area contributed by atoms with Crippen LogP contribution in [0.3, 0.4) is 0 Å². The molecule has 2 heterocycles. The summed E-state index contributed by atoms with van der Waals surface area (Å²) in [6, 6.07) is 20.0. The van der Waals surface area contributed by atoms with E-state index in [4.69, 9.17) is 4.74 Å². The summed E-state index contributed by atoms with van der Waals surface area (Å²) in [7, 11) is 0. The number of para-hydroxylation sites is 1. The lowest BCUT2D eigenvalue weighted by atomic mass is 10.1. The number of rotatable bonds is 4. The number of aromatic nitrogens is 3. The van der Waals surface area contributed by atoms with E-state index in [9.17, 15) is 5.26 Å². The Kier molecular flexibility index (Phi) is 5.51. The van der Waals surface area contributed by atoms with E-state index in [1.165, 1.54) is 0 Å². The quantitative estimate of drug-likeness (QED) is 0.580. The number of nitriles is 1. The van der Waals surface area contributed by atoms with E-state index >= 15 is 0 Å². The molecule has 0 saturated carbocycles. The van der Waals surface area contributed by atoms with Crippen LogP contribution in [0.4, 0.5) is 5.95 Å². The van der Waals surface area contributed by atoms with Gasteiger partial charge < -0.3 is 9.64 Å². The molecule has 0 atom stereocenters. The van der Waals surface area contributed by atoms with E-state index in [2.05, 4.69) is 37.1 Å². The Bertz CT molecular complexity index is 1030. The van der Waals surface area contributed by atoms with Crippen LogP contribution in [0.25, 0.3) is 17.3 Å². The topological polar surface area (TPSA) is 67.0 Å². The maximum atomic E-state index is 9.86. The van der Waals surface area contributed by atoms with Gasteiger partial charge in [-0.3, -0.25) is 4.57 Å². The zero-order chi connectivity index (χ0) is 19.3. The van der Waals surface area contributed by atoms with Gasteiger partial charge in [0.1, 0.15) is 6.07 Å². The molecule has 28 heavy (non-hydrogen) atoms. The fourth-order valence-electron chi connectivity index (χ4n) is 3.14. The molecule has 1 aliphatic rings. The molecule has 0 aliphatic carbocycles. The van der Waals surface area contributed by atoms with Crippen LogP contribution in [0.1, 0.15) is 11.4 Å². The monoisotopic (exact) mass is 435 g/mol. The third-order valence-corrected chi connectivity index (χ3v) is 4.97. The molecule has 0 bridgehead atoms. The molecule has 140 valence electrons. The zero-order valence-corrected chi connectivity index (χ0v) is 16.7. The number of nitrogens with zero attached hydrogens (tertiary/aromatic N) is 5. The maximum absolute atomic E-state index is 9.86. The van der Waals surface area contributed by atoms with Crippen LogP contribution in [0, 0.1) is 11.3 Å². The van der Waals surface area contributed by atoms with E-state index in [1.54, 1.807) is 0 Å². The summed E-state index contributed by atoms with van der Waals surface area (Å²) in [4.78, 5) is 2.14. The summed E-state index contributed by atoms with van der Waals surface area (Å²) in [5, 5.41) is 18.7. The Hall–Kier alpha value is -2.95. The molecular formula is C21H18BrN5O. The average molecular weight is 436 g/mol. The summed E-state index contributed by atoms with van der Waals surface area (Å²) in [5.41, 5.74) is 2.29. The van der Waals surface area contributed by atoms with Crippen molar-refractivity contribution in [2.75, 3.05) is 31.2 Å². The molecule has 3 aromatic rings. The molecule has 0 unspecified atom stereocenters. The number of hydrogen-bond donors (Lipinski definition) is 0. The summed E-state index contributed by atoms with van der Waals surface area (Å²) in [6.45, 7) is 2.77. The van der Waals surface area contributed by atoms with Crippen LogP contribution in [0.2, 0.25) is 0 Å². The predicted molar refractivity (Wildman–Crippen MR) is 112 cm³/mol. The standard InChI is InChI=1S/C21H18BrN5O/c22-18-6-4-5-16(14-18)13-17(15-23)20-24-25-21(26-9-11-28-12-10-26)27(20)19-7-2-1-3-8-19/h1-8,13-14H,9-12H2. The van der Waals surface area contributed by atoms with Crippen molar-refractivity contribution in [1.29, 1.82) is 5.26 Å². The number of morpholine rings is 1. The lowest BCUT2D eigenvalue weighted by Gasteiger charge is -2.28. The minimum Gasteiger partial charge on any atom is -0.378 e. The minimum absolute atomic E-state index is 0.453. The van der Waals surface area contributed by atoms with E-state index in [1.807, 2.05) is 65.2 Å². The van der Waals surface area contributed by atoms with Crippen LogP contribution in [-0.4, -0.2) is 41.1 Å². The molecular weight excluding hydrogens is 418 g/mol. The van der Waals surface area contributed by atoms with Crippen LogP contribution in [-0.2, 0) is 4.74 Å². The largest absolute Gasteiger partial charge is 0.378 e. The Morgan fingerprint density at radius 1 is 1.07 bits per heavy atom. The fraction of sp³-hybridized carbons (Fsp3) is 0.190. The van der Waals surface area contributed by atoms with Gasteiger partial charge in [0.15, 0.2) is 5.82 Å². The van der Waals surface area contributed by atoms with Gasteiger partial charge in [-0.05, 0) is 35.9 Å². The molecule has 0 amide bonds. The Labute approximate surface area is 171 Å². The van der Waals surface area contributed by atoms with Gasteiger partial charge in [-0.1, -0.05) is 46.3 Å². The van der Waals surface area contributed by atoms with Crippen molar-refractivity contribution in [1.82, 2.24) is 14.8 Å². The van der Waals surface area contributed by atoms with Crippen molar-refractivity contribution >= 4 is 33.5 Å². The van der Waals surface area contributed by atoms with Crippen LogP contribution in [0.5, 0.6) is 0 Å². The highest BCUT2D eigenvalue weighted by molar-refractivity contribution is 9.10. The van der Waals surface area contributed by atoms with Crippen molar-refractivity contribution in [2.45, 2.75) is 0 Å². The first-order chi connectivity index (χ1) is 13.8. The highest BCUT2D eigenvalue weighted by atomic mass is 79.9. The average Bonchev–Trinajstić information content (AvgIpc) is 3.18. The summed E-state index contributed by atoms with van der Waals surface area (Å²) in [6.07, 6.45) is 1.83. The van der Waals surface area contributed by atoms with E-state index in [0.29, 0.717) is 24.6 Å². The number of halogens is 1. The Morgan fingerprint density at radius 2 is 1.86 bits per heavy atom. The first-order valence-corrected chi connectivity index (χ1v) is 9.77. The highest BCUT2D eigenvalue weighted by Gasteiger charge is 2.23. The first kappa shape index (κ1) is 18.4. The number of ether oxygens (including phenoxy) is 1. The van der Waals surface area contributed by atoms with Gasteiger partial charge in [0.25, 0.3) is 0 Å². The molecule has 2 aromatic carbocycles. The molecule has 1 aromatic heterocycles. The van der Waals surface area contributed by atoms with Crippen molar-refractivity contribution in [3.63, 3.8) is 0 Å². The van der Waals surface area contributed by atoms with Crippen LogP contribution in [0.15, 0.2) is 59.1 Å². The van der Waals surface area contributed by atoms with Crippen molar-refractivity contribution < 1.29 is 4.74 Å². The van der Waals surface area contributed by atoms with E-state index < -0.39 is 0 Å². The summed E-state index contributed by atoms with van der Waals surface area (Å²) >= 11 is 3.47. The second kappa shape index (κ2) is 8.38. The van der Waals surface area contributed by atoms with Gasteiger partial charge in [0.05, 0.1) is 24.5 Å². The molecule has 1 fully saturated rings. The van der Waals surface area contributed by atoms with E-state index in [0.717, 1.165) is 34.8 Å². The molecule has 1 saturated heterocycles. The molecule has 0 N–H and O–H groups in total. The number of anilines is 1. The van der Waals surface area contributed by atoms with Crippen molar-refractivity contribution in [3.05, 3.63) is 70.5 Å². The molecule has 1 aliphatic heterocycles. The van der Waals surface area contributed by atoms with Crippen LogP contribution < -0.4 is 4.90 Å². The van der Waals surface area contributed by atoms with Gasteiger partial charge in [-0.2, -0.15) is 5.26 Å². The predicted octanol–water partition coefficient (Wildman–Crippen LogP) is 3.93. The SMILES string of the molecule is N#CC(=Cc1cccc(Br)c1)c1nnc(N2CCOCC2)n1-c1ccccc1. The molecule has 6 nitrogen and oxygen atoms in total. The van der Waals surface area contributed by atoms with Gasteiger partial charge in [0, 0.05) is 17.6 Å². The Morgan fingerprint density at radius 3 is 2.57 bits per heavy atom. The van der Waals surface area contributed by atoms with E-state index in [-0.39, 0.29) is 0 Å². The van der Waals surface area contributed by atoms with Gasteiger partial charge in [-0.15, -0.1) is 10.2 Å². The lowest BCUT2D eigenvalue weighted by Crippen LogP contribution is -2.38. The number of hydrogen-bond acceptors (Lipinski definition) is 5. The third kappa shape index (κ3) is 3.84. The smallest absolute Gasteiger partial charge is 0.232 e. The normalized spacial score (nSPS) is 14.7. The molecule has 4 rings (SSSR count). The Balaban J connectivity index is 1.84. The summed E-state index contributed by atoms with van der Waals surface area (Å²) < 4.78 is 8.36. The zero-order valence-electron chi connectivity index (χ0n) is 15.1. The second-order valence-electron chi connectivity index (χ2n) is 6.32. The van der Waals surface area contributed by atoms with Gasteiger partial charge in [0.2, 0.25) is 5.95 Å². The maximum Gasteiger partial charge on any atom is 0.232 e. The second-order valence-corrected chi connectivity index (χ2v) is 7.23. The highest BCUT2D eigenvalue weighted by Crippen LogP contribution is 2.26. The van der Waals surface area contributed by atoms with Gasteiger partial charge in [-0.25, -0.2) is 0 Å². The number of benzene rings is 2. The molecule has 0 radical (unpaired) electrons. The molecule has 0 spiro atoms.